The predicted octanol–water partition coefficient (Wildman–Crippen LogP) is 0.108. The number of halogens is 1. The van der Waals surface area contributed by atoms with Gasteiger partial charge >= 0.3 is 0 Å². The summed E-state index contributed by atoms with van der Waals surface area (Å²) in [5.41, 5.74) is 0.418. The Labute approximate surface area is 126 Å². The Bertz CT molecular complexity index is 686. The summed E-state index contributed by atoms with van der Waals surface area (Å²) in [4.78, 5) is 13.9. The zero-order valence-electron chi connectivity index (χ0n) is 11.3. The number of benzene rings is 1. The van der Waals surface area contributed by atoms with Crippen molar-refractivity contribution in [2.45, 2.75) is 6.54 Å². The summed E-state index contributed by atoms with van der Waals surface area (Å²) in [5, 5.41) is 17.2. The molecule has 1 aromatic carbocycles. The van der Waals surface area contributed by atoms with Crippen LogP contribution in [0.3, 0.4) is 0 Å². The molecule has 7 heteroatoms. The maximum absolute atomic E-state index is 12.2. The van der Waals surface area contributed by atoms with Crippen LogP contribution >= 0.6 is 11.6 Å². The molecule has 2 aromatic rings. The molecule has 1 saturated heterocycles. The standard InChI is InChI=1S/C14H14ClN3O3/c15-11-3-1-2-10-12(19)8-18(16-14(10)11)9-13(20)17-4-6-21-7-5-17/h1-3,8H,4-7,9H2. The monoisotopic (exact) mass is 307 g/mol. The topological polar surface area (TPSA) is 69.4 Å². The van der Waals surface area contributed by atoms with E-state index >= 15 is 0 Å². The molecule has 1 amide bonds. The second-order valence-corrected chi connectivity index (χ2v) is 5.23. The van der Waals surface area contributed by atoms with Crippen molar-refractivity contribution >= 4 is 28.4 Å². The van der Waals surface area contributed by atoms with E-state index in [0.717, 1.165) is 0 Å². The van der Waals surface area contributed by atoms with Crippen molar-refractivity contribution in [2.24, 2.45) is 0 Å². The molecule has 1 aromatic heterocycles. The molecule has 2 heterocycles. The van der Waals surface area contributed by atoms with Crippen LogP contribution in [0, 0.1) is 0 Å². The molecule has 6 nitrogen and oxygen atoms in total. The van der Waals surface area contributed by atoms with Crippen LogP contribution in [-0.4, -0.2) is 42.2 Å². The molecule has 0 unspecified atom stereocenters. The minimum atomic E-state index is -0.197. The van der Waals surface area contributed by atoms with E-state index in [9.17, 15) is 9.90 Å². The molecule has 110 valence electrons. The maximum atomic E-state index is 12.2. The Kier molecular flexibility index (Phi) is 3.90. The molecule has 0 N–H and O–H groups in total. The molecule has 1 aliphatic heterocycles. The number of ether oxygens (including phenoxy) is 1. The fourth-order valence-electron chi connectivity index (χ4n) is 2.31. The second kappa shape index (κ2) is 5.83. The van der Waals surface area contributed by atoms with Gasteiger partial charge in [0.1, 0.15) is 0 Å². The summed E-state index contributed by atoms with van der Waals surface area (Å²) >= 11 is 6.06. The van der Waals surface area contributed by atoms with E-state index in [2.05, 4.69) is 5.10 Å². The Morgan fingerprint density at radius 3 is 2.95 bits per heavy atom. The molecule has 0 spiro atoms. The van der Waals surface area contributed by atoms with E-state index in [1.54, 1.807) is 23.1 Å². The van der Waals surface area contributed by atoms with Gasteiger partial charge in [-0.2, -0.15) is 0 Å². The van der Waals surface area contributed by atoms with Crippen molar-refractivity contribution in [3.63, 3.8) is 0 Å². The van der Waals surface area contributed by atoms with E-state index in [1.807, 2.05) is 0 Å². The van der Waals surface area contributed by atoms with Gasteiger partial charge in [0, 0.05) is 23.6 Å². The van der Waals surface area contributed by atoms with Crippen LogP contribution in [0.25, 0.3) is 10.9 Å². The number of amides is 1. The fraction of sp³-hybridized carbons (Fsp3) is 0.357. The average molecular weight is 308 g/mol. The number of fused-ring (bicyclic) bond motifs is 1. The van der Waals surface area contributed by atoms with Crippen LogP contribution in [0.1, 0.15) is 0 Å². The van der Waals surface area contributed by atoms with Crippen LogP contribution < -0.4 is 9.79 Å². The number of hydrogen-bond acceptors (Lipinski definition) is 4. The van der Waals surface area contributed by atoms with Crippen LogP contribution in [0.4, 0.5) is 0 Å². The van der Waals surface area contributed by atoms with Crippen LogP contribution in [0.5, 0.6) is 5.75 Å². The first kappa shape index (κ1) is 14.0. The first-order chi connectivity index (χ1) is 10.1. The number of carbonyl (C=O) groups excluding carboxylic acids is 1. The average Bonchev–Trinajstić information content (AvgIpc) is 2.49. The molecule has 1 fully saturated rings. The predicted molar refractivity (Wildman–Crippen MR) is 73.8 cm³/mol. The van der Waals surface area contributed by atoms with Gasteiger partial charge in [0.05, 0.1) is 18.2 Å². The highest BCUT2D eigenvalue weighted by molar-refractivity contribution is 6.35. The summed E-state index contributed by atoms with van der Waals surface area (Å²) in [6, 6.07) is 5.05. The van der Waals surface area contributed by atoms with Crippen molar-refractivity contribution in [2.75, 3.05) is 26.3 Å². The zero-order chi connectivity index (χ0) is 14.8. The lowest BCUT2D eigenvalue weighted by atomic mass is 10.2. The lowest BCUT2D eigenvalue weighted by Gasteiger charge is -2.25. The summed E-state index contributed by atoms with van der Waals surface area (Å²) in [6.45, 7) is 2.24. The SMILES string of the molecule is O=C(C[n+]1cc([O-])c2cccc(Cl)c2n1)N1CCOCC1. The van der Waals surface area contributed by atoms with Crippen molar-refractivity contribution in [1.82, 2.24) is 10.00 Å². The number of nitrogens with zero attached hydrogens (tertiary/aromatic N) is 3. The minimum Gasteiger partial charge on any atom is -0.868 e. The van der Waals surface area contributed by atoms with Gasteiger partial charge < -0.3 is 14.7 Å². The van der Waals surface area contributed by atoms with Crippen molar-refractivity contribution in [3.8, 4) is 5.75 Å². The Morgan fingerprint density at radius 2 is 2.19 bits per heavy atom. The van der Waals surface area contributed by atoms with Gasteiger partial charge in [-0.05, 0) is 11.8 Å². The number of rotatable bonds is 2. The molecule has 1 aliphatic rings. The highest BCUT2D eigenvalue weighted by atomic mass is 35.5. The minimum absolute atomic E-state index is 0.0242. The lowest BCUT2D eigenvalue weighted by Crippen LogP contribution is -2.50. The number of morpholine rings is 1. The molecular formula is C14H14ClN3O3. The van der Waals surface area contributed by atoms with Crippen LogP contribution in [-0.2, 0) is 16.1 Å². The molecule has 21 heavy (non-hydrogen) atoms. The lowest BCUT2D eigenvalue weighted by molar-refractivity contribution is -0.742. The summed E-state index contributed by atoms with van der Waals surface area (Å²) in [6.07, 6.45) is 1.33. The smallest absolute Gasteiger partial charge is 0.291 e. The van der Waals surface area contributed by atoms with Gasteiger partial charge in [-0.15, -0.1) is 0 Å². The van der Waals surface area contributed by atoms with Gasteiger partial charge in [0.25, 0.3) is 12.5 Å². The largest absolute Gasteiger partial charge is 0.868 e. The first-order valence-electron chi connectivity index (χ1n) is 6.66. The second-order valence-electron chi connectivity index (χ2n) is 4.82. The third kappa shape index (κ3) is 2.91. The molecule has 3 rings (SSSR count). The van der Waals surface area contributed by atoms with E-state index in [4.69, 9.17) is 16.3 Å². The number of aromatic nitrogens is 2. The van der Waals surface area contributed by atoms with E-state index in [1.165, 1.54) is 10.9 Å². The van der Waals surface area contributed by atoms with E-state index < -0.39 is 0 Å². The highest BCUT2D eigenvalue weighted by Crippen LogP contribution is 2.24. The molecule has 0 aliphatic carbocycles. The Morgan fingerprint density at radius 1 is 1.43 bits per heavy atom. The van der Waals surface area contributed by atoms with Gasteiger partial charge in [-0.3, -0.25) is 4.79 Å². The number of carbonyl (C=O) groups is 1. The molecule has 0 radical (unpaired) electrons. The molecular weight excluding hydrogens is 294 g/mol. The summed E-state index contributed by atoms with van der Waals surface area (Å²) in [5.74, 6) is -0.279. The van der Waals surface area contributed by atoms with Gasteiger partial charge in [0.15, 0.2) is 11.7 Å². The van der Waals surface area contributed by atoms with Crippen molar-refractivity contribution in [3.05, 3.63) is 29.4 Å². The molecule has 0 bridgehead atoms. The van der Waals surface area contributed by atoms with Gasteiger partial charge in [0.2, 0.25) is 0 Å². The quantitative estimate of drug-likeness (QED) is 0.738. The summed E-state index contributed by atoms with van der Waals surface area (Å²) < 4.78 is 6.56. The van der Waals surface area contributed by atoms with Gasteiger partial charge in [-0.1, -0.05) is 28.4 Å². The third-order valence-electron chi connectivity index (χ3n) is 3.41. The zero-order valence-corrected chi connectivity index (χ0v) is 12.0. The third-order valence-corrected chi connectivity index (χ3v) is 3.71. The van der Waals surface area contributed by atoms with E-state index in [-0.39, 0.29) is 18.2 Å². The highest BCUT2D eigenvalue weighted by Gasteiger charge is 2.22. The van der Waals surface area contributed by atoms with Crippen molar-refractivity contribution < 1.29 is 19.3 Å². The van der Waals surface area contributed by atoms with Crippen molar-refractivity contribution in [1.29, 1.82) is 0 Å². The summed E-state index contributed by atoms with van der Waals surface area (Å²) in [7, 11) is 0. The first-order valence-corrected chi connectivity index (χ1v) is 7.04. The molecule has 0 atom stereocenters. The fourth-order valence-corrected chi connectivity index (χ4v) is 2.52. The normalized spacial score (nSPS) is 15.4. The Balaban J connectivity index is 1.87. The number of hydrogen-bond donors (Lipinski definition) is 0. The van der Waals surface area contributed by atoms with E-state index in [0.29, 0.717) is 42.2 Å². The Hall–Kier alpha value is -1.92. The van der Waals surface area contributed by atoms with Crippen LogP contribution in [0.2, 0.25) is 5.02 Å². The maximum Gasteiger partial charge on any atom is 0.291 e. The van der Waals surface area contributed by atoms with Gasteiger partial charge in [-0.25, -0.2) is 0 Å². The molecule has 0 saturated carbocycles. The van der Waals surface area contributed by atoms with Crippen LogP contribution in [0.15, 0.2) is 24.4 Å².